The molecule has 0 bridgehead atoms. The zero-order valence-corrected chi connectivity index (χ0v) is 17.2. The molecule has 3 heterocycles. The summed E-state index contributed by atoms with van der Waals surface area (Å²) in [6.45, 7) is 0.911. The second-order valence-electron chi connectivity index (χ2n) is 7.40. The minimum absolute atomic E-state index is 0.0387. The van der Waals surface area contributed by atoms with Crippen LogP contribution in [0.5, 0.6) is 0 Å². The maximum absolute atomic E-state index is 13.1. The highest BCUT2D eigenvalue weighted by Gasteiger charge is 2.33. The summed E-state index contributed by atoms with van der Waals surface area (Å²) in [5, 5.41) is 2.91. The van der Waals surface area contributed by atoms with E-state index in [9.17, 15) is 17.6 Å². The van der Waals surface area contributed by atoms with Crippen molar-refractivity contribution in [1.82, 2.24) is 19.0 Å². The van der Waals surface area contributed by atoms with Gasteiger partial charge in [-0.25, -0.2) is 17.8 Å². The molecule has 4 rings (SSSR count). The average molecular weight is 431 g/mol. The van der Waals surface area contributed by atoms with Gasteiger partial charge in [0.1, 0.15) is 11.5 Å². The van der Waals surface area contributed by atoms with Crippen LogP contribution in [-0.4, -0.2) is 47.6 Å². The standard InChI is InChI=1S/C21H23FN4O3S/c22-17-6-8-19(9-7-17)30(28,29)26-13-3-4-16(14-26)21(27)23-11-10-18-15-25-12-2-1-5-20(25)24-18/h1-2,5-9,12,15-16H,3-4,10-11,13-14H2,(H,23,27). The summed E-state index contributed by atoms with van der Waals surface area (Å²) >= 11 is 0. The summed E-state index contributed by atoms with van der Waals surface area (Å²) in [5.41, 5.74) is 1.73. The van der Waals surface area contributed by atoms with Crippen molar-refractivity contribution in [2.24, 2.45) is 5.92 Å². The van der Waals surface area contributed by atoms with Gasteiger partial charge in [-0.2, -0.15) is 4.31 Å². The van der Waals surface area contributed by atoms with Crippen molar-refractivity contribution in [2.45, 2.75) is 24.2 Å². The molecular formula is C21H23FN4O3S. The molecule has 2 aromatic heterocycles. The quantitative estimate of drug-likeness (QED) is 0.650. The molecule has 0 saturated carbocycles. The van der Waals surface area contributed by atoms with Gasteiger partial charge in [-0.1, -0.05) is 6.07 Å². The molecule has 0 spiro atoms. The molecule has 1 amide bonds. The van der Waals surface area contributed by atoms with Crippen LogP contribution in [0.1, 0.15) is 18.5 Å². The third-order valence-electron chi connectivity index (χ3n) is 5.30. The number of pyridine rings is 1. The summed E-state index contributed by atoms with van der Waals surface area (Å²) in [6.07, 6.45) is 5.68. The van der Waals surface area contributed by atoms with E-state index < -0.39 is 21.8 Å². The Morgan fingerprint density at radius 1 is 1.20 bits per heavy atom. The Labute approximate surface area is 174 Å². The van der Waals surface area contributed by atoms with Gasteiger partial charge in [-0.15, -0.1) is 0 Å². The van der Waals surface area contributed by atoms with E-state index in [1.165, 1.54) is 16.4 Å². The van der Waals surface area contributed by atoms with Gasteiger partial charge in [0.05, 0.1) is 16.5 Å². The molecule has 30 heavy (non-hydrogen) atoms. The number of carbonyl (C=O) groups is 1. The SMILES string of the molecule is O=C(NCCc1cn2ccccc2n1)C1CCCN(S(=O)(=O)c2ccc(F)cc2)C1. The van der Waals surface area contributed by atoms with Gasteiger partial charge in [0, 0.05) is 38.4 Å². The first kappa shape index (κ1) is 20.5. The minimum atomic E-state index is -3.75. The number of amides is 1. The summed E-state index contributed by atoms with van der Waals surface area (Å²) in [7, 11) is -3.75. The summed E-state index contributed by atoms with van der Waals surface area (Å²) in [5.74, 6) is -1.05. The number of hydrogen-bond donors (Lipinski definition) is 1. The van der Waals surface area contributed by atoms with Gasteiger partial charge >= 0.3 is 0 Å². The predicted octanol–water partition coefficient (Wildman–Crippen LogP) is 2.23. The van der Waals surface area contributed by atoms with Crippen LogP contribution >= 0.6 is 0 Å². The number of fused-ring (bicyclic) bond motifs is 1. The van der Waals surface area contributed by atoms with Crippen molar-refractivity contribution in [1.29, 1.82) is 0 Å². The average Bonchev–Trinajstić information content (AvgIpc) is 3.17. The van der Waals surface area contributed by atoms with Gasteiger partial charge in [0.15, 0.2) is 0 Å². The number of benzene rings is 1. The van der Waals surface area contributed by atoms with Crippen LogP contribution in [0.15, 0.2) is 59.8 Å². The highest BCUT2D eigenvalue weighted by atomic mass is 32.2. The second-order valence-corrected chi connectivity index (χ2v) is 9.33. The highest BCUT2D eigenvalue weighted by Crippen LogP contribution is 2.24. The van der Waals surface area contributed by atoms with Gasteiger partial charge in [0.25, 0.3) is 0 Å². The summed E-state index contributed by atoms with van der Waals surface area (Å²) in [6, 6.07) is 10.5. The van der Waals surface area contributed by atoms with Gasteiger partial charge in [-0.05, 0) is 49.2 Å². The smallest absolute Gasteiger partial charge is 0.243 e. The van der Waals surface area contributed by atoms with Crippen LogP contribution in [-0.2, 0) is 21.2 Å². The molecule has 1 aliphatic rings. The van der Waals surface area contributed by atoms with Gasteiger partial charge in [0.2, 0.25) is 15.9 Å². The molecule has 1 atom stereocenters. The number of nitrogens with one attached hydrogen (secondary N) is 1. The zero-order valence-electron chi connectivity index (χ0n) is 16.4. The molecule has 9 heteroatoms. The Kier molecular flexibility index (Phi) is 5.83. The van der Waals surface area contributed by atoms with Crippen LogP contribution in [0.4, 0.5) is 4.39 Å². The van der Waals surface area contributed by atoms with E-state index in [2.05, 4.69) is 10.3 Å². The van der Waals surface area contributed by atoms with Crippen molar-refractivity contribution >= 4 is 21.6 Å². The van der Waals surface area contributed by atoms with Crippen LogP contribution < -0.4 is 5.32 Å². The molecule has 158 valence electrons. The lowest BCUT2D eigenvalue weighted by Crippen LogP contribution is -2.45. The summed E-state index contributed by atoms with van der Waals surface area (Å²) < 4.78 is 42.0. The minimum Gasteiger partial charge on any atom is -0.355 e. The number of sulfonamides is 1. The fraction of sp³-hybridized carbons (Fsp3) is 0.333. The molecule has 1 N–H and O–H groups in total. The molecule has 3 aromatic rings. The molecule has 0 aliphatic carbocycles. The lowest BCUT2D eigenvalue weighted by molar-refractivity contribution is -0.126. The van der Waals surface area contributed by atoms with E-state index in [1.54, 1.807) is 0 Å². The molecule has 1 aromatic carbocycles. The number of halogens is 1. The molecule has 0 radical (unpaired) electrons. The maximum atomic E-state index is 13.1. The Morgan fingerprint density at radius 3 is 2.77 bits per heavy atom. The predicted molar refractivity (Wildman–Crippen MR) is 110 cm³/mol. The molecule has 1 saturated heterocycles. The Balaban J connectivity index is 1.34. The number of hydrogen-bond acceptors (Lipinski definition) is 4. The number of rotatable bonds is 6. The Hall–Kier alpha value is -2.78. The third-order valence-corrected chi connectivity index (χ3v) is 7.18. The van der Waals surface area contributed by atoms with Crippen molar-refractivity contribution in [3.8, 4) is 0 Å². The number of imidazole rings is 1. The fourth-order valence-corrected chi connectivity index (χ4v) is 5.22. The van der Waals surface area contributed by atoms with Crippen molar-refractivity contribution in [2.75, 3.05) is 19.6 Å². The monoisotopic (exact) mass is 430 g/mol. The summed E-state index contributed by atoms with van der Waals surface area (Å²) in [4.78, 5) is 17.1. The largest absolute Gasteiger partial charge is 0.355 e. The van der Waals surface area contributed by atoms with E-state index in [0.29, 0.717) is 32.4 Å². The van der Waals surface area contributed by atoms with Crippen LogP contribution in [0, 0.1) is 11.7 Å². The molecule has 1 fully saturated rings. The van der Waals surface area contributed by atoms with E-state index >= 15 is 0 Å². The van der Waals surface area contributed by atoms with E-state index in [1.807, 2.05) is 35.0 Å². The number of piperidine rings is 1. The van der Waals surface area contributed by atoms with E-state index in [4.69, 9.17) is 0 Å². The number of nitrogens with zero attached hydrogens (tertiary/aromatic N) is 3. The molecular weight excluding hydrogens is 407 g/mol. The molecule has 7 nitrogen and oxygen atoms in total. The fourth-order valence-electron chi connectivity index (χ4n) is 3.70. The first-order chi connectivity index (χ1) is 14.4. The van der Waals surface area contributed by atoms with Crippen molar-refractivity contribution < 1.29 is 17.6 Å². The van der Waals surface area contributed by atoms with Gasteiger partial charge < -0.3 is 9.72 Å². The highest BCUT2D eigenvalue weighted by molar-refractivity contribution is 7.89. The van der Waals surface area contributed by atoms with E-state index in [0.717, 1.165) is 23.5 Å². The lowest BCUT2D eigenvalue weighted by Gasteiger charge is -2.31. The normalized spacial score (nSPS) is 17.8. The second kappa shape index (κ2) is 8.53. The van der Waals surface area contributed by atoms with Crippen LogP contribution in [0.2, 0.25) is 0 Å². The maximum Gasteiger partial charge on any atom is 0.243 e. The van der Waals surface area contributed by atoms with Crippen LogP contribution in [0.25, 0.3) is 5.65 Å². The lowest BCUT2D eigenvalue weighted by atomic mass is 9.99. The number of aromatic nitrogens is 2. The first-order valence-electron chi connectivity index (χ1n) is 9.89. The number of carbonyl (C=O) groups excluding carboxylic acids is 1. The van der Waals surface area contributed by atoms with Crippen LogP contribution in [0.3, 0.4) is 0 Å². The Morgan fingerprint density at radius 2 is 2.00 bits per heavy atom. The topological polar surface area (TPSA) is 83.8 Å². The third kappa shape index (κ3) is 4.36. The van der Waals surface area contributed by atoms with Gasteiger partial charge in [-0.3, -0.25) is 4.79 Å². The zero-order chi connectivity index (χ0) is 21.1. The first-order valence-corrected chi connectivity index (χ1v) is 11.3. The van der Waals surface area contributed by atoms with Crippen molar-refractivity contribution in [3.63, 3.8) is 0 Å². The van der Waals surface area contributed by atoms with Crippen molar-refractivity contribution in [3.05, 3.63) is 66.4 Å². The molecule has 1 unspecified atom stereocenters. The Bertz CT molecular complexity index is 1110. The van der Waals surface area contributed by atoms with E-state index in [-0.39, 0.29) is 17.3 Å². The molecule has 1 aliphatic heterocycles.